The Morgan fingerprint density at radius 1 is 1.28 bits per heavy atom. The Bertz CT molecular complexity index is 972. The van der Waals surface area contributed by atoms with Gasteiger partial charge in [-0.1, -0.05) is 13.3 Å². The number of likely N-dealkylation sites (tertiary alicyclic amines) is 1. The molecule has 1 N–H and O–H groups in total. The third kappa shape index (κ3) is 4.84. The van der Waals surface area contributed by atoms with Gasteiger partial charge in [0.1, 0.15) is 23.3 Å². The van der Waals surface area contributed by atoms with E-state index in [-0.39, 0.29) is 0 Å². The first kappa shape index (κ1) is 19.6. The first-order valence-electron chi connectivity index (χ1n) is 10.2. The molecule has 0 bridgehead atoms. The monoisotopic (exact) mass is 407 g/mol. The van der Waals surface area contributed by atoms with Crippen molar-refractivity contribution in [3.05, 3.63) is 58.8 Å². The summed E-state index contributed by atoms with van der Waals surface area (Å²) in [5, 5.41) is 15.2. The van der Waals surface area contributed by atoms with Gasteiger partial charge in [0, 0.05) is 11.8 Å². The third-order valence-electron chi connectivity index (χ3n) is 5.18. The number of thiazole rings is 1. The quantitative estimate of drug-likeness (QED) is 0.563. The molecule has 0 amide bonds. The largest absolute Gasteiger partial charge is 0.465 e. The molecule has 0 saturated carbocycles. The van der Waals surface area contributed by atoms with Crippen molar-refractivity contribution in [1.82, 2.24) is 14.9 Å². The summed E-state index contributed by atoms with van der Waals surface area (Å²) in [6.45, 7) is 4.06. The van der Waals surface area contributed by atoms with E-state index < -0.39 is 0 Å². The minimum atomic E-state index is 0.314. The van der Waals surface area contributed by atoms with Gasteiger partial charge in [-0.3, -0.25) is 4.90 Å². The summed E-state index contributed by atoms with van der Waals surface area (Å²) in [6, 6.07) is 10.1. The number of aryl methyl sites for hydroxylation is 1. The minimum Gasteiger partial charge on any atom is -0.465 e. The number of aromatic nitrogens is 2. The van der Waals surface area contributed by atoms with Crippen LogP contribution in [-0.2, 0) is 13.0 Å². The molecule has 3 aromatic rings. The predicted octanol–water partition coefficient (Wildman–Crippen LogP) is 5.43. The molecule has 1 atom stereocenters. The van der Waals surface area contributed by atoms with Gasteiger partial charge in [-0.15, -0.1) is 11.3 Å². The van der Waals surface area contributed by atoms with Crippen molar-refractivity contribution in [2.24, 2.45) is 0 Å². The molecule has 150 valence electrons. The second kappa shape index (κ2) is 9.21. The van der Waals surface area contributed by atoms with E-state index in [1.165, 1.54) is 12.8 Å². The molecule has 1 fully saturated rings. The predicted molar refractivity (Wildman–Crippen MR) is 114 cm³/mol. The molecule has 7 heteroatoms. The average molecular weight is 408 g/mol. The average Bonchev–Trinajstić information content (AvgIpc) is 3.39. The lowest BCUT2D eigenvalue weighted by Crippen LogP contribution is -2.33. The fourth-order valence-corrected chi connectivity index (χ4v) is 4.53. The van der Waals surface area contributed by atoms with Crippen LogP contribution in [0.25, 0.3) is 0 Å². The number of anilines is 2. The highest BCUT2D eigenvalue weighted by Crippen LogP contribution is 2.34. The highest BCUT2D eigenvalue weighted by atomic mass is 32.1. The zero-order chi connectivity index (χ0) is 20.1. The zero-order valence-corrected chi connectivity index (χ0v) is 17.4. The minimum absolute atomic E-state index is 0.314. The number of hydrogen-bond donors (Lipinski definition) is 1. The third-order valence-corrected chi connectivity index (χ3v) is 5.95. The van der Waals surface area contributed by atoms with E-state index >= 15 is 0 Å². The van der Waals surface area contributed by atoms with Crippen molar-refractivity contribution in [1.29, 1.82) is 5.26 Å². The lowest BCUT2D eigenvalue weighted by molar-refractivity contribution is 0.127. The zero-order valence-electron chi connectivity index (χ0n) is 16.6. The molecule has 0 unspecified atom stereocenters. The molecule has 29 heavy (non-hydrogen) atoms. The van der Waals surface area contributed by atoms with Gasteiger partial charge in [0.15, 0.2) is 5.13 Å². The van der Waals surface area contributed by atoms with Crippen LogP contribution in [0, 0.1) is 11.3 Å². The summed E-state index contributed by atoms with van der Waals surface area (Å²) in [5.74, 6) is 2.12. The van der Waals surface area contributed by atoms with Gasteiger partial charge in [-0.05, 0) is 50.1 Å². The van der Waals surface area contributed by atoms with E-state index in [1.54, 1.807) is 23.6 Å². The first-order valence-corrected chi connectivity index (χ1v) is 11.0. The molecule has 4 heterocycles. The van der Waals surface area contributed by atoms with Crippen molar-refractivity contribution in [2.75, 3.05) is 11.9 Å². The summed E-state index contributed by atoms with van der Waals surface area (Å²) < 4.78 is 6.01. The second-order valence-corrected chi connectivity index (χ2v) is 8.20. The fraction of sp³-hybridized carbons (Fsp3) is 0.409. The van der Waals surface area contributed by atoms with Gasteiger partial charge >= 0.3 is 0 Å². The van der Waals surface area contributed by atoms with Crippen LogP contribution in [0.5, 0.6) is 0 Å². The van der Waals surface area contributed by atoms with Crippen LogP contribution in [0.3, 0.4) is 0 Å². The van der Waals surface area contributed by atoms with Crippen LogP contribution in [0.1, 0.15) is 61.6 Å². The topological polar surface area (TPSA) is 78.0 Å². The summed E-state index contributed by atoms with van der Waals surface area (Å²) in [7, 11) is 0. The Labute approximate surface area is 175 Å². The Kier molecular flexibility index (Phi) is 6.23. The fourth-order valence-electron chi connectivity index (χ4n) is 3.76. The van der Waals surface area contributed by atoms with E-state index in [0.717, 1.165) is 60.4 Å². The van der Waals surface area contributed by atoms with Gasteiger partial charge in [0.25, 0.3) is 0 Å². The summed E-state index contributed by atoms with van der Waals surface area (Å²) in [4.78, 5) is 11.4. The molecule has 3 aromatic heterocycles. The van der Waals surface area contributed by atoms with Crippen LogP contribution in [0.4, 0.5) is 10.8 Å². The molecular weight excluding hydrogens is 382 g/mol. The van der Waals surface area contributed by atoms with Crippen molar-refractivity contribution in [3.63, 3.8) is 0 Å². The molecular formula is C22H25N5OS. The van der Waals surface area contributed by atoms with Crippen LogP contribution in [-0.4, -0.2) is 21.4 Å². The number of nitrogens with one attached hydrogen (secondary N) is 1. The lowest BCUT2D eigenvalue weighted by Gasteiger charge is -2.34. The van der Waals surface area contributed by atoms with Crippen LogP contribution in [0.15, 0.2) is 40.3 Å². The van der Waals surface area contributed by atoms with Crippen LogP contribution < -0.4 is 5.32 Å². The molecule has 0 radical (unpaired) electrons. The Hall–Kier alpha value is -2.69. The highest BCUT2D eigenvalue weighted by Gasteiger charge is 2.27. The van der Waals surface area contributed by atoms with Gasteiger partial charge < -0.3 is 9.73 Å². The SMILES string of the molecule is CCCc1ccc(CN2CCCC[C@@H]2c2csc(Nc3ccc(C#N)nc3)n2)o1. The Balaban J connectivity index is 1.44. The normalized spacial score (nSPS) is 17.2. The van der Waals surface area contributed by atoms with Gasteiger partial charge in [0.2, 0.25) is 0 Å². The maximum absolute atomic E-state index is 8.87. The van der Waals surface area contributed by atoms with E-state index in [0.29, 0.717) is 11.7 Å². The van der Waals surface area contributed by atoms with E-state index in [9.17, 15) is 0 Å². The second-order valence-electron chi connectivity index (χ2n) is 7.35. The number of furan rings is 1. The summed E-state index contributed by atoms with van der Waals surface area (Å²) in [5.41, 5.74) is 2.36. The highest BCUT2D eigenvalue weighted by molar-refractivity contribution is 7.13. The molecule has 0 aliphatic carbocycles. The summed E-state index contributed by atoms with van der Waals surface area (Å²) in [6.07, 6.45) is 7.31. The molecule has 4 rings (SSSR count). The van der Waals surface area contributed by atoms with E-state index in [1.807, 2.05) is 12.1 Å². The van der Waals surface area contributed by atoms with Crippen molar-refractivity contribution in [2.45, 2.75) is 51.6 Å². The standard InChI is InChI=1S/C22H25N5OS/c1-2-5-18-9-10-19(28-18)14-27-11-4-3-6-21(27)20-15-29-22(26-20)25-17-8-7-16(12-23)24-13-17/h7-10,13,15,21H,2-6,11,14H2,1H3,(H,25,26)/t21-/m1/s1. The number of hydrogen-bond acceptors (Lipinski definition) is 7. The summed E-state index contributed by atoms with van der Waals surface area (Å²) >= 11 is 1.60. The van der Waals surface area contributed by atoms with E-state index in [2.05, 4.69) is 39.6 Å². The van der Waals surface area contributed by atoms with Crippen LogP contribution in [0.2, 0.25) is 0 Å². The Morgan fingerprint density at radius 2 is 2.17 bits per heavy atom. The number of pyridine rings is 1. The molecule has 1 aliphatic heterocycles. The Morgan fingerprint density at radius 3 is 2.97 bits per heavy atom. The molecule has 6 nitrogen and oxygen atoms in total. The molecule has 0 spiro atoms. The van der Waals surface area contributed by atoms with Gasteiger partial charge in [0.05, 0.1) is 30.2 Å². The number of rotatable bonds is 7. The van der Waals surface area contributed by atoms with Gasteiger partial charge in [-0.25, -0.2) is 9.97 Å². The van der Waals surface area contributed by atoms with Crippen LogP contribution >= 0.6 is 11.3 Å². The van der Waals surface area contributed by atoms with E-state index in [4.69, 9.17) is 14.7 Å². The van der Waals surface area contributed by atoms with Crippen molar-refractivity contribution < 1.29 is 4.42 Å². The molecule has 0 aromatic carbocycles. The van der Waals surface area contributed by atoms with Crippen molar-refractivity contribution in [3.8, 4) is 6.07 Å². The number of nitriles is 1. The first-order chi connectivity index (χ1) is 14.2. The molecule has 1 aliphatic rings. The maximum Gasteiger partial charge on any atom is 0.187 e. The number of piperidine rings is 1. The van der Waals surface area contributed by atoms with Crippen molar-refractivity contribution >= 4 is 22.2 Å². The lowest BCUT2D eigenvalue weighted by atomic mass is 10.00. The van der Waals surface area contributed by atoms with Gasteiger partial charge in [-0.2, -0.15) is 5.26 Å². The number of nitrogens with zero attached hydrogens (tertiary/aromatic N) is 4. The maximum atomic E-state index is 8.87. The molecule has 1 saturated heterocycles. The smallest absolute Gasteiger partial charge is 0.187 e.